The molecule has 16 heavy (non-hydrogen) atoms. The van der Waals surface area contributed by atoms with Crippen LogP contribution in [0.5, 0.6) is 0 Å². The molecular weight excluding hydrogens is 214 g/mol. The molecule has 0 saturated carbocycles. The second-order valence-electron chi connectivity index (χ2n) is 3.44. The number of hydrogen-bond donors (Lipinski definition) is 2. The maximum atomic E-state index is 12.0. The minimum absolute atomic E-state index is 0.282. The van der Waals surface area contributed by atoms with Gasteiger partial charge in [0.25, 0.3) is 6.43 Å². The van der Waals surface area contributed by atoms with E-state index in [-0.39, 0.29) is 6.54 Å². The molecule has 0 fully saturated rings. The van der Waals surface area contributed by atoms with Crippen molar-refractivity contribution in [3.8, 4) is 6.07 Å². The Morgan fingerprint density at radius 1 is 1.50 bits per heavy atom. The molecule has 1 rings (SSSR count). The van der Waals surface area contributed by atoms with Crippen molar-refractivity contribution in [1.29, 1.82) is 5.26 Å². The van der Waals surface area contributed by atoms with Gasteiger partial charge in [-0.05, 0) is 24.6 Å². The molecule has 0 spiro atoms. The highest BCUT2D eigenvalue weighted by atomic mass is 19.3. The lowest BCUT2D eigenvalue weighted by atomic mass is 10.1. The Hall–Kier alpha value is -1.67. The van der Waals surface area contributed by atoms with Crippen LogP contribution in [0.3, 0.4) is 0 Å². The van der Waals surface area contributed by atoms with Crippen molar-refractivity contribution in [3.63, 3.8) is 0 Å². The molecule has 1 aromatic carbocycles. The van der Waals surface area contributed by atoms with Gasteiger partial charge in [-0.1, -0.05) is 6.07 Å². The summed E-state index contributed by atoms with van der Waals surface area (Å²) in [6.07, 6.45) is -4.52. The fourth-order valence-corrected chi connectivity index (χ4v) is 1.21. The molecule has 3 nitrogen and oxygen atoms in total. The van der Waals surface area contributed by atoms with Crippen LogP contribution >= 0.6 is 0 Å². The Morgan fingerprint density at radius 3 is 2.75 bits per heavy atom. The van der Waals surface area contributed by atoms with Crippen molar-refractivity contribution in [3.05, 3.63) is 29.3 Å². The number of aliphatic hydroxyl groups excluding tert-OH is 1. The van der Waals surface area contributed by atoms with Gasteiger partial charge in [-0.3, -0.25) is 0 Å². The van der Waals surface area contributed by atoms with Crippen LogP contribution in [0.4, 0.5) is 14.5 Å². The van der Waals surface area contributed by atoms with E-state index in [0.717, 1.165) is 5.56 Å². The zero-order chi connectivity index (χ0) is 12.1. The number of alkyl halides is 2. The summed E-state index contributed by atoms with van der Waals surface area (Å²) in [5.41, 5.74) is 1.74. The number of aliphatic hydroxyl groups is 1. The maximum Gasteiger partial charge on any atom is 0.265 e. The normalized spacial score (nSPS) is 12.2. The van der Waals surface area contributed by atoms with Gasteiger partial charge in [-0.15, -0.1) is 0 Å². The molecule has 86 valence electrons. The SMILES string of the molecule is Cc1ccc(NCC(O)C(F)F)c(C#N)c1. The standard InChI is InChI=1S/C11H12F2N2O/c1-7-2-3-9(8(4-7)5-14)15-6-10(16)11(12)13/h2-4,10-11,15-16H,6H2,1H3. The van der Waals surface area contributed by atoms with Crippen LogP contribution in [0.25, 0.3) is 0 Å². The molecule has 0 aliphatic heterocycles. The van der Waals surface area contributed by atoms with Crippen LogP contribution in [-0.2, 0) is 0 Å². The van der Waals surface area contributed by atoms with E-state index in [4.69, 9.17) is 10.4 Å². The summed E-state index contributed by atoms with van der Waals surface area (Å²) in [6, 6.07) is 7.00. The lowest BCUT2D eigenvalue weighted by molar-refractivity contribution is 0.00384. The highest BCUT2D eigenvalue weighted by molar-refractivity contribution is 5.58. The Bertz CT molecular complexity index is 401. The van der Waals surface area contributed by atoms with E-state index in [9.17, 15) is 8.78 Å². The number of nitriles is 1. The average molecular weight is 226 g/mol. The molecule has 0 aliphatic rings. The Kier molecular flexibility index (Phi) is 4.20. The van der Waals surface area contributed by atoms with Crippen LogP contribution in [0.1, 0.15) is 11.1 Å². The van der Waals surface area contributed by atoms with E-state index in [1.807, 2.05) is 13.0 Å². The second kappa shape index (κ2) is 5.42. The molecule has 0 bridgehead atoms. The number of nitrogens with one attached hydrogen (secondary N) is 1. The molecule has 0 amide bonds. The molecule has 1 unspecified atom stereocenters. The fourth-order valence-electron chi connectivity index (χ4n) is 1.21. The van der Waals surface area contributed by atoms with Gasteiger partial charge in [0.1, 0.15) is 12.2 Å². The van der Waals surface area contributed by atoms with E-state index >= 15 is 0 Å². The smallest absolute Gasteiger partial charge is 0.265 e. The zero-order valence-electron chi connectivity index (χ0n) is 8.74. The largest absolute Gasteiger partial charge is 0.385 e. The number of halogens is 2. The molecule has 0 radical (unpaired) electrons. The summed E-state index contributed by atoms with van der Waals surface area (Å²) in [6.45, 7) is 1.55. The van der Waals surface area contributed by atoms with Gasteiger partial charge in [0.2, 0.25) is 0 Å². The van der Waals surface area contributed by atoms with E-state index in [0.29, 0.717) is 11.3 Å². The predicted octanol–water partition coefficient (Wildman–Crippen LogP) is 1.90. The first-order valence-electron chi connectivity index (χ1n) is 4.75. The minimum atomic E-state index is -2.79. The highest BCUT2D eigenvalue weighted by Gasteiger charge is 2.16. The van der Waals surface area contributed by atoms with Crippen LogP contribution in [0.2, 0.25) is 0 Å². The molecule has 0 aliphatic carbocycles. The molecule has 0 aromatic heterocycles. The Morgan fingerprint density at radius 2 is 2.19 bits per heavy atom. The van der Waals surface area contributed by atoms with E-state index in [1.165, 1.54) is 0 Å². The molecule has 0 heterocycles. The lowest BCUT2D eigenvalue weighted by Gasteiger charge is -2.12. The third-order valence-electron chi connectivity index (χ3n) is 2.09. The Labute approximate surface area is 92.3 Å². The van der Waals surface area contributed by atoms with Gasteiger partial charge in [-0.25, -0.2) is 8.78 Å². The van der Waals surface area contributed by atoms with Crippen LogP contribution in [-0.4, -0.2) is 24.2 Å². The molecular formula is C11H12F2N2O. The summed E-state index contributed by atoms with van der Waals surface area (Å²) in [7, 11) is 0. The zero-order valence-corrected chi connectivity index (χ0v) is 8.74. The maximum absolute atomic E-state index is 12.0. The first-order valence-corrected chi connectivity index (χ1v) is 4.75. The van der Waals surface area contributed by atoms with Gasteiger partial charge < -0.3 is 10.4 Å². The summed E-state index contributed by atoms with van der Waals surface area (Å²) in [5.74, 6) is 0. The molecule has 1 atom stereocenters. The first kappa shape index (κ1) is 12.4. The number of benzene rings is 1. The number of aryl methyl sites for hydroxylation is 1. The second-order valence-corrected chi connectivity index (χ2v) is 3.44. The van der Waals surface area contributed by atoms with E-state index in [2.05, 4.69) is 5.32 Å². The average Bonchev–Trinajstić information content (AvgIpc) is 2.26. The fraction of sp³-hybridized carbons (Fsp3) is 0.364. The molecule has 0 saturated heterocycles. The minimum Gasteiger partial charge on any atom is -0.385 e. The molecule has 1 aromatic rings. The van der Waals surface area contributed by atoms with Gasteiger partial charge in [0.05, 0.1) is 11.3 Å². The van der Waals surface area contributed by atoms with Crippen molar-refractivity contribution < 1.29 is 13.9 Å². The predicted molar refractivity (Wildman–Crippen MR) is 56.4 cm³/mol. The van der Waals surface area contributed by atoms with Gasteiger partial charge >= 0.3 is 0 Å². The lowest BCUT2D eigenvalue weighted by Crippen LogP contribution is -2.27. The van der Waals surface area contributed by atoms with Crippen molar-refractivity contribution in [2.75, 3.05) is 11.9 Å². The molecule has 5 heteroatoms. The first-order chi connectivity index (χ1) is 7.54. The van der Waals surface area contributed by atoms with Gasteiger partial charge in [0, 0.05) is 6.54 Å². The summed E-state index contributed by atoms with van der Waals surface area (Å²) < 4.78 is 24.0. The summed E-state index contributed by atoms with van der Waals surface area (Å²) in [5, 5.41) is 20.3. The monoisotopic (exact) mass is 226 g/mol. The third-order valence-corrected chi connectivity index (χ3v) is 2.09. The van der Waals surface area contributed by atoms with E-state index < -0.39 is 12.5 Å². The van der Waals surface area contributed by atoms with Crippen LogP contribution in [0.15, 0.2) is 18.2 Å². The van der Waals surface area contributed by atoms with Crippen LogP contribution in [0, 0.1) is 18.3 Å². The van der Waals surface area contributed by atoms with Crippen molar-refractivity contribution in [2.45, 2.75) is 19.5 Å². The van der Waals surface area contributed by atoms with Gasteiger partial charge in [-0.2, -0.15) is 5.26 Å². The number of rotatable bonds is 4. The van der Waals surface area contributed by atoms with Crippen molar-refractivity contribution in [1.82, 2.24) is 0 Å². The van der Waals surface area contributed by atoms with E-state index in [1.54, 1.807) is 18.2 Å². The summed E-state index contributed by atoms with van der Waals surface area (Å²) >= 11 is 0. The third kappa shape index (κ3) is 3.17. The highest BCUT2D eigenvalue weighted by Crippen LogP contribution is 2.16. The number of anilines is 1. The number of hydrogen-bond acceptors (Lipinski definition) is 3. The number of nitrogens with zero attached hydrogens (tertiary/aromatic N) is 1. The Balaban J connectivity index is 2.71. The van der Waals surface area contributed by atoms with Crippen LogP contribution < -0.4 is 5.32 Å². The van der Waals surface area contributed by atoms with Gasteiger partial charge in [0.15, 0.2) is 0 Å². The molecule has 2 N–H and O–H groups in total. The quantitative estimate of drug-likeness (QED) is 0.824. The van der Waals surface area contributed by atoms with Crippen molar-refractivity contribution in [2.24, 2.45) is 0 Å². The van der Waals surface area contributed by atoms with Crippen molar-refractivity contribution >= 4 is 5.69 Å². The summed E-state index contributed by atoms with van der Waals surface area (Å²) in [4.78, 5) is 0. The topological polar surface area (TPSA) is 56.0 Å².